The lowest BCUT2D eigenvalue weighted by Crippen LogP contribution is -2.39. The standard InChI is InChI=1S/C14H25N5OS.HI/c1-5-15-14(17-9-7-13(20)19(3)4)16-8-6-12-18-10-11(2)21-12;/h10H,5-9H2,1-4H3,(H2,15,16,17);1H. The number of guanidine groups is 1. The Morgan fingerprint density at radius 1 is 1.41 bits per heavy atom. The maximum absolute atomic E-state index is 11.5. The molecule has 8 heteroatoms. The van der Waals surface area contributed by atoms with E-state index in [1.54, 1.807) is 30.3 Å². The van der Waals surface area contributed by atoms with Crippen molar-refractivity contribution in [3.63, 3.8) is 0 Å². The molecule has 0 aliphatic rings. The van der Waals surface area contributed by atoms with Gasteiger partial charge < -0.3 is 15.5 Å². The van der Waals surface area contributed by atoms with Crippen LogP contribution in [0.25, 0.3) is 0 Å². The van der Waals surface area contributed by atoms with Crippen molar-refractivity contribution < 1.29 is 4.79 Å². The molecule has 0 bridgehead atoms. The summed E-state index contributed by atoms with van der Waals surface area (Å²) in [5, 5.41) is 7.45. The first-order valence-electron chi connectivity index (χ1n) is 7.16. The maximum atomic E-state index is 11.5. The van der Waals surface area contributed by atoms with Crippen molar-refractivity contribution >= 4 is 47.2 Å². The van der Waals surface area contributed by atoms with Gasteiger partial charge in [0.15, 0.2) is 5.96 Å². The largest absolute Gasteiger partial charge is 0.357 e. The average Bonchev–Trinajstić information content (AvgIpc) is 2.84. The van der Waals surface area contributed by atoms with Gasteiger partial charge in [0.05, 0.1) is 5.01 Å². The fraction of sp³-hybridized carbons (Fsp3) is 0.643. The predicted octanol–water partition coefficient (Wildman–Crippen LogP) is 1.65. The number of aromatic nitrogens is 1. The van der Waals surface area contributed by atoms with Crippen LogP contribution in [0.4, 0.5) is 0 Å². The second-order valence-corrected chi connectivity index (χ2v) is 6.16. The quantitative estimate of drug-likeness (QED) is 0.385. The molecule has 1 rings (SSSR count). The zero-order chi connectivity index (χ0) is 15.7. The zero-order valence-corrected chi connectivity index (χ0v) is 16.8. The summed E-state index contributed by atoms with van der Waals surface area (Å²) in [7, 11) is 3.52. The number of aliphatic imine (C=N–C) groups is 1. The molecule has 6 nitrogen and oxygen atoms in total. The molecule has 0 saturated carbocycles. The number of hydrogen-bond donors (Lipinski definition) is 2. The van der Waals surface area contributed by atoms with E-state index in [4.69, 9.17) is 0 Å². The number of nitrogens with zero attached hydrogens (tertiary/aromatic N) is 3. The lowest BCUT2D eigenvalue weighted by atomic mass is 10.4. The lowest BCUT2D eigenvalue weighted by molar-refractivity contribution is -0.128. The number of carbonyl (C=O) groups excluding carboxylic acids is 1. The third-order valence-corrected chi connectivity index (χ3v) is 3.71. The van der Waals surface area contributed by atoms with E-state index in [9.17, 15) is 4.79 Å². The van der Waals surface area contributed by atoms with Gasteiger partial charge in [-0.1, -0.05) is 0 Å². The topological polar surface area (TPSA) is 69.6 Å². The van der Waals surface area contributed by atoms with Gasteiger partial charge in [-0.2, -0.15) is 0 Å². The highest BCUT2D eigenvalue weighted by molar-refractivity contribution is 14.0. The van der Waals surface area contributed by atoms with Crippen molar-refractivity contribution in [1.82, 2.24) is 20.5 Å². The highest BCUT2D eigenvalue weighted by Gasteiger charge is 2.04. The van der Waals surface area contributed by atoms with Crippen molar-refractivity contribution in [3.8, 4) is 0 Å². The van der Waals surface area contributed by atoms with Crippen LogP contribution in [0.2, 0.25) is 0 Å². The molecule has 0 aromatic carbocycles. The number of nitrogens with one attached hydrogen (secondary N) is 2. The Morgan fingerprint density at radius 3 is 2.68 bits per heavy atom. The first-order valence-corrected chi connectivity index (χ1v) is 7.98. The van der Waals surface area contributed by atoms with Crippen molar-refractivity contribution in [2.75, 3.05) is 33.7 Å². The highest BCUT2D eigenvalue weighted by Crippen LogP contribution is 2.11. The Balaban J connectivity index is 0.00000441. The normalized spacial score (nSPS) is 10.8. The van der Waals surface area contributed by atoms with E-state index in [1.165, 1.54) is 4.88 Å². The zero-order valence-electron chi connectivity index (χ0n) is 13.7. The molecular formula is C14H26IN5OS. The van der Waals surface area contributed by atoms with Gasteiger partial charge in [0.25, 0.3) is 0 Å². The molecule has 0 radical (unpaired) electrons. The van der Waals surface area contributed by atoms with Crippen molar-refractivity contribution in [2.45, 2.75) is 26.7 Å². The van der Waals surface area contributed by atoms with Gasteiger partial charge in [0.1, 0.15) is 0 Å². The molecule has 2 N–H and O–H groups in total. The summed E-state index contributed by atoms with van der Waals surface area (Å²) in [6.45, 7) is 6.14. The van der Waals surface area contributed by atoms with Crippen molar-refractivity contribution in [1.29, 1.82) is 0 Å². The second kappa shape index (κ2) is 11.6. The molecule has 0 aliphatic heterocycles. The number of amides is 1. The summed E-state index contributed by atoms with van der Waals surface area (Å²) in [5.41, 5.74) is 0. The molecule has 1 heterocycles. The van der Waals surface area contributed by atoms with Crippen LogP contribution in [0.15, 0.2) is 11.2 Å². The van der Waals surface area contributed by atoms with Gasteiger partial charge in [-0.3, -0.25) is 9.79 Å². The first kappa shape index (κ1) is 21.1. The molecule has 1 aromatic heterocycles. The van der Waals surface area contributed by atoms with E-state index in [0.29, 0.717) is 19.5 Å². The number of thiazole rings is 1. The van der Waals surface area contributed by atoms with Crippen LogP contribution in [0.5, 0.6) is 0 Å². The molecule has 1 amide bonds. The Kier molecular flexibility index (Phi) is 11.2. The van der Waals surface area contributed by atoms with Crippen LogP contribution in [-0.2, 0) is 11.2 Å². The van der Waals surface area contributed by atoms with Crippen LogP contribution >= 0.6 is 35.3 Å². The van der Waals surface area contributed by atoms with Crippen molar-refractivity contribution in [2.24, 2.45) is 4.99 Å². The summed E-state index contributed by atoms with van der Waals surface area (Å²) in [4.78, 5) is 23.1. The van der Waals surface area contributed by atoms with Gasteiger partial charge >= 0.3 is 0 Å². The molecule has 1 aromatic rings. The van der Waals surface area contributed by atoms with Gasteiger partial charge in [-0.05, 0) is 13.8 Å². The Hall–Kier alpha value is -0.900. The number of aryl methyl sites for hydroxylation is 1. The summed E-state index contributed by atoms with van der Waals surface area (Å²) in [5.74, 6) is 0.856. The first-order chi connectivity index (χ1) is 10.0. The molecule has 126 valence electrons. The summed E-state index contributed by atoms with van der Waals surface area (Å²) >= 11 is 1.71. The van der Waals surface area contributed by atoms with E-state index < -0.39 is 0 Å². The van der Waals surface area contributed by atoms with Crippen LogP contribution in [0, 0.1) is 6.92 Å². The monoisotopic (exact) mass is 439 g/mol. The van der Waals surface area contributed by atoms with Gasteiger partial charge in [0.2, 0.25) is 5.91 Å². The van der Waals surface area contributed by atoms with E-state index >= 15 is 0 Å². The molecular weight excluding hydrogens is 413 g/mol. The van der Waals surface area contributed by atoms with E-state index in [2.05, 4.69) is 27.5 Å². The minimum absolute atomic E-state index is 0. The average molecular weight is 439 g/mol. The summed E-state index contributed by atoms with van der Waals surface area (Å²) in [6.07, 6.45) is 3.19. The van der Waals surface area contributed by atoms with Crippen LogP contribution < -0.4 is 10.6 Å². The number of rotatable bonds is 7. The molecule has 0 aliphatic carbocycles. The number of halogens is 1. The molecule has 0 spiro atoms. The Labute approximate surface area is 153 Å². The van der Waals surface area contributed by atoms with Gasteiger partial charge in [0, 0.05) is 57.6 Å². The fourth-order valence-corrected chi connectivity index (χ4v) is 2.41. The third kappa shape index (κ3) is 8.52. The predicted molar refractivity (Wildman–Crippen MR) is 103 cm³/mol. The van der Waals surface area contributed by atoms with Crippen LogP contribution in [0.3, 0.4) is 0 Å². The van der Waals surface area contributed by atoms with Gasteiger partial charge in [-0.25, -0.2) is 4.98 Å². The minimum Gasteiger partial charge on any atom is -0.357 e. The SMILES string of the molecule is CCNC(=NCCc1ncc(C)s1)NCCC(=O)N(C)C.I. The molecule has 0 atom stereocenters. The van der Waals surface area contributed by atoms with Crippen LogP contribution in [-0.4, -0.2) is 55.5 Å². The van der Waals surface area contributed by atoms with E-state index in [1.807, 2.05) is 13.1 Å². The molecule has 0 saturated heterocycles. The highest BCUT2D eigenvalue weighted by atomic mass is 127. The third-order valence-electron chi connectivity index (χ3n) is 2.74. The Morgan fingerprint density at radius 2 is 2.14 bits per heavy atom. The second-order valence-electron chi connectivity index (χ2n) is 4.84. The summed E-state index contributed by atoms with van der Waals surface area (Å²) in [6, 6.07) is 0. The smallest absolute Gasteiger partial charge is 0.223 e. The summed E-state index contributed by atoms with van der Waals surface area (Å²) < 4.78 is 0. The maximum Gasteiger partial charge on any atom is 0.223 e. The van der Waals surface area contributed by atoms with Crippen LogP contribution in [0.1, 0.15) is 23.2 Å². The number of hydrogen-bond acceptors (Lipinski definition) is 4. The Bertz CT molecular complexity index is 476. The van der Waals surface area contributed by atoms with E-state index in [-0.39, 0.29) is 29.9 Å². The van der Waals surface area contributed by atoms with Gasteiger partial charge in [-0.15, -0.1) is 35.3 Å². The molecule has 0 fully saturated rings. The molecule has 22 heavy (non-hydrogen) atoms. The van der Waals surface area contributed by atoms with Crippen molar-refractivity contribution in [3.05, 3.63) is 16.1 Å². The van der Waals surface area contributed by atoms with E-state index in [0.717, 1.165) is 23.9 Å². The minimum atomic E-state index is 0. The fourth-order valence-electron chi connectivity index (χ4n) is 1.63. The molecule has 0 unspecified atom stereocenters. The number of carbonyl (C=O) groups is 1. The lowest BCUT2D eigenvalue weighted by Gasteiger charge is -2.13.